The predicted molar refractivity (Wildman–Crippen MR) is 103 cm³/mol. The van der Waals surface area contributed by atoms with Crippen LogP contribution in [0.2, 0.25) is 0 Å². The highest BCUT2D eigenvalue weighted by molar-refractivity contribution is 14.1. The molecule has 0 heterocycles. The highest BCUT2D eigenvalue weighted by Gasteiger charge is 2.23. The first-order chi connectivity index (χ1) is 11.5. The zero-order valence-corrected chi connectivity index (χ0v) is 16.3. The highest BCUT2D eigenvalue weighted by Crippen LogP contribution is 2.33. The van der Waals surface area contributed by atoms with E-state index in [4.69, 9.17) is 12.5 Å². The maximum Gasteiger partial charge on any atom is 0.119 e. The Morgan fingerprint density at radius 3 is 1.88 bits per heavy atom. The molecular weight excluding hydrogens is 419 g/mol. The Kier molecular flexibility index (Phi) is 6.89. The van der Waals surface area contributed by atoms with Crippen molar-refractivity contribution < 1.29 is 17.6 Å². The molecule has 1 N–H and O–H groups in total. The van der Waals surface area contributed by atoms with Crippen molar-refractivity contribution >= 4 is 23.0 Å². The second-order valence-electron chi connectivity index (χ2n) is 6.12. The molecule has 0 fully saturated rings. The molecule has 2 aromatic carbocycles. The molecule has 0 aliphatic rings. The number of aliphatic hydroxyl groups is 1. The Hall–Kier alpha value is -1.31. The summed E-state index contributed by atoms with van der Waals surface area (Å²) in [6.07, 6.45) is -0.627. The third kappa shape index (κ3) is 4.84. The molecule has 0 saturated carbocycles. The summed E-state index contributed by atoms with van der Waals surface area (Å²) >= 11 is 1.76. The third-order valence-electron chi connectivity index (χ3n) is 4.09. The van der Waals surface area contributed by atoms with E-state index in [0.29, 0.717) is 0 Å². The van der Waals surface area contributed by atoms with Crippen LogP contribution in [0.3, 0.4) is 0 Å². The van der Waals surface area contributed by atoms with Crippen molar-refractivity contribution in [2.45, 2.75) is 25.4 Å². The monoisotopic (exact) mass is 442 g/mol. The fraction of sp³-hybridized carbons (Fsp3) is 0.368. The van der Waals surface area contributed by atoms with Crippen molar-refractivity contribution in [1.29, 1.82) is 0 Å². The number of halogens is 1. The van der Waals surface area contributed by atoms with Crippen molar-refractivity contribution in [1.82, 2.24) is 0 Å². The van der Waals surface area contributed by atoms with Crippen molar-refractivity contribution in [3.8, 4) is 11.5 Å². The van der Waals surface area contributed by atoms with Crippen LogP contribution < -0.4 is 9.47 Å². The molecule has 1 atom stereocenters. The van der Waals surface area contributed by atoms with E-state index in [-0.39, 0.29) is 18.6 Å². The van der Waals surface area contributed by atoms with E-state index in [1.165, 1.54) is 11.1 Å². The van der Waals surface area contributed by atoms with Crippen LogP contribution in [0.15, 0.2) is 48.5 Å². The molecule has 0 aromatic heterocycles. The van der Waals surface area contributed by atoms with Gasteiger partial charge in [0.05, 0.1) is 13.7 Å². The largest absolute Gasteiger partial charge is 0.497 e. The van der Waals surface area contributed by atoms with Crippen molar-refractivity contribution in [2.24, 2.45) is 0 Å². The Labute approximate surface area is 157 Å². The van der Waals surface area contributed by atoms with Gasteiger partial charge in [-0.2, -0.15) is 0 Å². The minimum Gasteiger partial charge on any atom is -0.497 e. The van der Waals surface area contributed by atoms with Crippen LogP contribution in [0.5, 0.6) is 11.5 Å². The second-order valence-corrected chi connectivity index (χ2v) is 6.74. The number of ether oxygens (including phenoxy) is 2. The maximum atomic E-state index is 9.62. The Morgan fingerprint density at radius 1 is 0.917 bits per heavy atom. The van der Waals surface area contributed by atoms with Gasteiger partial charge in [0.2, 0.25) is 0 Å². The molecule has 4 nitrogen and oxygen atoms in total. The first kappa shape index (κ1) is 19.0. The van der Waals surface area contributed by atoms with Gasteiger partial charge in [-0.05, 0) is 35.4 Å². The molecule has 0 bridgehead atoms. The topological polar surface area (TPSA) is 47.9 Å². The van der Waals surface area contributed by atoms with Gasteiger partial charge in [0.1, 0.15) is 47.2 Å². The third-order valence-corrected chi connectivity index (χ3v) is 4.45. The van der Waals surface area contributed by atoms with Crippen molar-refractivity contribution in [3.63, 3.8) is 0 Å². The number of methoxy groups -OCH3 is 1. The fourth-order valence-corrected chi connectivity index (χ4v) is 2.87. The summed E-state index contributed by atoms with van der Waals surface area (Å²) in [4.78, 5) is 0. The first-order valence-corrected chi connectivity index (χ1v) is 8.65. The van der Waals surface area contributed by atoms with Gasteiger partial charge in [-0.1, -0.05) is 38.1 Å². The summed E-state index contributed by atoms with van der Waals surface area (Å²) in [5.41, 5.74) is 2.28. The second kappa shape index (κ2) is 8.69. The Balaban J connectivity index is 2.07. The van der Waals surface area contributed by atoms with E-state index >= 15 is 0 Å². The van der Waals surface area contributed by atoms with Crippen LogP contribution in [0.25, 0.3) is 0 Å². The molecule has 0 aliphatic carbocycles. The zero-order valence-electron chi connectivity index (χ0n) is 14.2. The van der Waals surface area contributed by atoms with Crippen LogP contribution in [-0.2, 0) is 8.48 Å². The molecule has 5 heteroatoms. The highest BCUT2D eigenvalue weighted by atomic mass is 127. The van der Waals surface area contributed by atoms with Crippen LogP contribution in [-0.4, -0.2) is 31.5 Å². The quantitative estimate of drug-likeness (QED) is 0.625. The minimum absolute atomic E-state index is 0.126. The van der Waals surface area contributed by atoms with Gasteiger partial charge >= 0.3 is 0 Å². The zero-order chi connectivity index (χ0) is 17.6. The Morgan fingerprint density at radius 2 is 1.42 bits per heavy atom. The molecule has 2 aromatic rings. The van der Waals surface area contributed by atoms with Gasteiger partial charge in [-0.3, -0.25) is 0 Å². The lowest BCUT2D eigenvalue weighted by atomic mass is 9.78. The average molecular weight is 442 g/mol. The van der Waals surface area contributed by atoms with Gasteiger partial charge in [0, 0.05) is 5.41 Å². The summed E-state index contributed by atoms with van der Waals surface area (Å²) in [5, 5.41) is 9.62. The summed E-state index contributed by atoms with van der Waals surface area (Å²) in [7, 11) is 1.67. The molecule has 2 rings (SSSR count). The van der Waals surface area contributed by atoms with E-state index in [2.05, 4.69) is 38.1 Å². The van der Waals surface area contributed by atoms with E-state index in [9.17, 15) is 5.11 Å². The lowest BCUT2D eigenvalue weighted by Crippen LogP contribution is -2.22. The lowest BCUT2D eigenvalue weighted by Gasteiger charge is -2.26. The van der Waals surface area contributed by atoms with Crippen LogP contribution >= 0.6 is 23.0 Å². The summed E-state index contributed by atoms with van der Waals surface area (Å²) in [6, 6.07) is 16.1. The summed E-state index contributed by atoms with van der Waals surface area (Å²) in [5.74, 6) is 1.59. The minimum atomic E-state index is -0.627. The summed E-state index contributed by atoms with van der Waals surface area (Å²) in [6.45, 7) is 4.84. The number of benzene rings is 2. The SMILES string of the molecule is COc1ccc(C(C)(C)c2ccc(OCC(O)COI)cc2)cc1. The molecule has 0 amide bonds. The van der Waals surface area contributed by atoms with Crippen LogP contribution in [0.1, 0.15) is 25.0 Å². The smallest absolute Gasteiger partial charge is 0.119 e. The van der Waals surface area contributed by atoms with Gasteiger partial charge in [-0.15, -0.1) is 0 Å². The van der Waals surface area contributed by atoms with E-state index < -0.39 is 6.10 Å². The normalized spacial score (nSPS) is 12.7. The molecule has 0 radical (unpaired) electrons. The first-order valence-electron chi connectivity index (χ1n) is 7.77. The van der Waals surface area contributed by atoms with Gasteiger partial charge < -0.3 is 17.6 Å². The maximum absolute atomic E-state index is 9.62. The average Bonchev–Trinajstić information content (AvgIpc) is 2.60. The predicted octanol–water partition coefficient (Wildman–Crippen LogP) is 4.13. The van der Waals surface area contributed by atoms with Crippen molar-refractivity contribution in [2.75, 3.05) is 20.3 Å². The number of hydrogen-bond acceptors (Lipinski definition) is 4. The van der Waals surface area contributed by atoms with Crippen molar-refractivity contribution in [3.05, 3.63) is 59.7 Å². The van der Waals surface area contributed by atoms with E-state index in [1.54, 1.807) is 30.1 Å². The molecule has 0 aliphatic heterocycles. The molecule has 0 saturated heterocycles. The standard InChI is InChI=1S/C19H23IO4/c1-19(2,14-4-8-17(22-3)9-5-14)15-6-10-18(11-7-15)23-12-16(21)13-24-20/h4-11,16,21H,12-13H2,1-3H3. The lowest BCUT2D eigenvalue weighted by molar-refractivity contribution is 0.0768. The number of hydrogen-bond donors (Lipinski definition) is 1. The number of rotatable bonds is 8. The van der Waals surface area contributed by atoms with Crippen LogP contribution in [0.4, 0.5) is 0 Å². The fourth-order valence-electron chi connectivity index (χ4n) is 2.46. The van der Waals surface area contributed by atoms with Crippen LogP contribution in [0, 0.1) is 0 Å². The van der Waals surface area contributed by atoms with Gasteiger partial charge in [0.15, 0.2) is 0 Å². The molecule has 1 unspecified atom stereocenters. The molecule has 0 spiro atoms. The van der Waals surface area contributed by atoms with E-state index in [1.807, 2.05) is 24.3 Å². The molecule has 130 valence electrons. The number of aliphatic hydroxyl groups excluding tert-OH is 1. The molecular formula is C19H23IO4. The molecule has 24 heavy (non-hydrogen) atoms. The van der Waals surface area contributed by atoms with E-state index in [0.717, 1.165) is 11.5 Å². The summed E-state index contributed by atoms with van der Waals surface area (Å²) < 4.78 is 15.6. The van der Waals surface area contributed by atoms with Gasteiger partial charge in [-0.25, -0.2) is 0 Å². The Bertz CT molecular complexity index is 623. The van der Waals surface area contributed by atoms with Gasteiger partial charge in [0.25, 0.3) is 0 Å².